The third-order valence-electron chi connectivity index (χ3n) is 3.70. The minimum absolute atomic E-state index is 0.154. The van der Waals surface area contributed by atoms with Gasteiger partial charge in [-0.25, -0.2) is 14.3 Å². The molecule has 2 heterocycles. The van der Waals surface area contributed by atoms with Crippen molar-refractivity contribution in [2.75, 3.05) is 6.61 Å². The van der Waals surface area contributed by atoms with E-state index in [0.717, 1.165) is 11.3 Å². The highest BCUT2D eigenvalue weighted by atomic mass is 35.5. The summed E-state index contributed by atoms with van der Waals surface area (Å²) in [7, 11) is 0. The van der Waals surface area contributed by atoms with E-state index in [4.69, 9.17) is 16.3 Å². The molecule has 0 aliphatic heterocycles. The van der Waals surface area contributed by atoms with Gasteiger partial charge in [-0.1, -0.05) is 29.8 Å². The Kier molecular flexibility index (Phi) is 5.13. The summed E-state index contributed by atoms with van der Waals surface area (Å²) in [6.07, 6.45) is 1.57. The standard InChI is InChI=1S/C17H16ClN5O3/c1-10-7-8-19-17-21-15(22-23(10)17)16(25)26-9-14(24)20-11(2)12-5-3-4-6-13(12)18/h3-8,11H,9H2,1-2H3,(H,20,24)/t11-/m0/s1. The van der Waals surface area contributed by atoms with E-state index in [9.17, 15) is 9.59 Å². The quantitative estimate of drug-likeness (QED) is 0.688. The zero-order chi connectivity index (χ0) is 18.7. The fourth-order valence-corrected chi connectivity index (χ4v) is 2.68. The lowest BCUT2D eigenvalue weighted by atomic mass is 10.1. The lowest BCUT2D eigenvalue weighted by molar-refractivity contribution is -0.124. The molecule has 0 aliphatic carbocycles. The summed E-state index contributed by atoms with van der Waals surface area (Å²) < 4.78 is 6.40. The fourth-order valence-electron chi connectivity index (χ4n) is 2.38. The van der Waals surface area contributed by atoms with Gasteiger partial charge in [0.25, 0.3) is 17.5 Å². The molecule has 0 bridgehead atoms. The van der Waals surface area contributed by atoms with Gasteiger partial charge in [-0.3, -0.25) is 4.79 Å². The fraction of sp³-hybridized carbons (Fsp3) is 0.235. The molecule has 0 saturated heterocycles. The summed E-state index contributed by atoms with van der Waals surface area (Å²) in [6, 6.07) is 8.60. The molecule has 0 radical (unpaired) electrons. The Bertz CT molecular complexity index is 972. The predicted octanol–water partition coefficient (Wildman–Crippen LogP) is 2.12. The first-order valence-corrected chi connectivity index (χ1v) is 8.23. The molecule has 1 amide bonds. The second kappa shape index (κ2) is 7.49. The highest BCUT2D eigenvalue weighted by molar-refractivity contribution is 6.31. The van der Waals surface area contributed by atoms with Crippen LogP contribution in [0.15, 0.2) is 36.5 Å². The monoisotopic (exact) mass is 373 g/mol. The molecule has 0 spiro atoms. The van der Waals surface area contributed by atoms with Crippen molar-refractivity contribution in [3.63, 3.8) is 0 Å². The van der Waals surface area contributed by atoms with Gasteiger partial charge in [0.05, 0.1) is 6.04 Å². The van der Waals surface area contributed by atoms with E-state index in [1.807, 2.05) is 19.1 Å². The number of rotatable bonds is 5. The summed E-state index contributed by atoms with van der Waals surface area (Å²) in [5.74, 6) is -1.12. The number of nitrogens with one attached hydrogen (secondary N) is 1. The number of esters is 1. The maximum absolute atomic E-state index is 12.1. The zero-order valence-corrected chi connectivity index (χ0v) is 14.9. The number of aryl methyl sites for hydroxylation is 1. The Hall–Kier alpha value is -3.00. The highest BCUT2D eigenvalue weighted by Gasteiger charge is 2.18. The van der Waals surface area contributed by atoms with Crippen LogP contribution in [0.4, 0.5) is 0 Å². The van der Waals surface area contributed by atoms with Gasteiger partial charge < -0.3 is 10.1 Å². The Morgan fingerprint density at radius 3 is 2.81 bits per heavy atom. The van der Waals surface area contributed by atoms with Crippen LogP contribution in [-0.2, 0) is 9.53 Å². The number of carbonyl (C=O) groups excluding carboxylic acids is 2. The van der Waals surface area contributed by atoms with E-state index in [0.29, 0.717) is 5.02 Å². The lowest BCUT2D eigenvalue weighted by Gasteiger charge is -2.15. The van der Waals surface area contributed by atoms with Crippen molar-refractivity contribution in [1.29, 1.82) is 0 Å². The van der Waals surface area contributed by atoms with Crippen molar-refractivity contribution in [2.24, 2.45) is 0 Å². The number of halogens is 1. The van der Waals surface area contributed by atoms with Crippen LogP contribution in [-0.4, -0.2) is 38.1 Å². The Morgan fingerprint density at radius 2 is 2.08 bits per heavy atom. The molecule has 26 heavy (non-hydrogen) atoms. The predicted molar refractivity (Wildman–Crippen MR) is 93.8 cm³/mol. The van der Waals surface area contributed by atoms with Gasteiger partial charge in [-0.2, -0.15) is 4.98 Å². The van der Waals surface area contributed by atoms with E-state index in [-0.39, 0.29) is 17.6 Å². The zero-order valence-electron chi connectivity index (χ0n) is 14.1. The van der Waals surface area contributed by atoms with Crippen LogP contribution in [0.5, 0.6) is 0 Å². The largest absolute Gasteiger partial charge is 0.450 e. The minimum Gasteiger partial charge on any atom is -0.450 e. The summed E-state index contributed by atoms with van der Waals surface area (Å²) in [5.41, 5.74) is 1.55. The van der Waals surface area contributed by atoms with E-state index >= 15 is 0 Å². The van der Waals surface area contributed by atoms with Gasteiger partial charge in [0.15, 0.2) is 6.61 Å². The average Bonchev–Trinajstić information content (AvgIpc) is 3.06. The molecule has 3 aromatic rings. The number of fused-ring (bicyclic) bond motifs is 1. The van der Waals surface area contributed by atoms with Crippen molar-refractivity contribution < 1.29 is 14.3 Å². The first-order valence-electron chi connectivity index (χ1n) is 7.85. The summed E-state index contributed by atoms with van der Waals surface area (Å²) >= 11 is 6.10. The van der Waals surface area contributed by atoms with Crippen LogP contribution in [0.1, 0.15) is 34.8 Å². The van der Waals surface area contributed by atoms with E-state index in [1.54, 1.807) is 31.3 Å². The SMILES string of the molecule is Cc1ccnc2nc(C(=O)OCC(=O)N[C@@H](C)c3ccccc3Cl)nn12. The third kappa shape index (κ3) is 3.80. The number of carbonyl (C=O) groups is 2. The summed E-state index contributed by atoms with van der Waals surface area (Å²) in [6.45, 7) is 3.15. The van der Waals surface area contributed by atoms with Crippen molar-refractivity contribution in [3.8, 4) is 0 Å². The first-order chi connectivity index (χ1) is 12.5. The first kappa shape index (κ1) is 17.8. The third-order valence-corrected chi connectivity index (χ3v) is 4.04. The maximum Gasteiger partial charge on any atom is 0.378 e. The number of benzene rings is 1. The van der Waals surface area contributed by atoms with Crippen LogP contribution >= 0.6 is 11.6 Å². The lowest BCUT2D eigenvalue weighted by Crippen LogP contribution is -2.31. The summed E-state index contributed by atoms with van der Waals surface area (Å²) in [4.78, 5) is 32.1. The molecule has 2 aromatic heterocycles. The number of ether oxygens (including phenoxy) is 1. The molecule has 1 N–H and O–H groups in total. The van der Waals surface area contributed by atoms with Gasteiger partial charge in [-0.15, -0.1) is 5.10 Å². The van der Waals surface area contributed by atoms with Gasteiger partial charge in [0.2, 0.25) is 0 Å². The van der Waals surface area contributed by atoms with Crippen LogP contribution in [0, 0.1) is 6.92 Å². The number of hydrogen-bond donors (Lipinski definition) is 1. The second-order valence-electron chi connectivity index (χ2n) is 5.62. The van der Waals surface area contributed by atoms with E-state index < -0.39 is 18.5 Å². The molecule has 1 atom stereocenters. The molecule has 3 rings (SSSR count). The maximum atomic E-state index is 12.1. The van der Waals surface area contributed by atoms with Crippen LogP contribution in [0.2, 0.25) is 5.02 Å². The number of aromatic nitrogens is 4. The van der Waals surface area contributed by atoms with Gasteiger partial charge in [-0.05, 0) is 31.5 Å². The van der Waals surface area contributed by atoms with Gasteiger partial charge >= 0.3 is 5.97 Å². The van der Waals surface area contributed by atoms with Crippen molar-refractivity contribution in [3.05, 3.63) is 58.6 Å². The molecular weight excluding hydrogens is 358 g/mol. The Balaban J connectivity index is 1.59. The smallest absolute Gasteiger partial charge is 0.378 e. The number of amides is 1. The summed E-state index contributed by atoms with van der Waals surface area (Å²) in [5, 5.41) is 7.30. The molecule has 0 aliphatic rings. The average molecular weight is 374 g/mol. The van der Waals surface area contributed by atoms with Crippen molar-refractivity contribution in [2.45, 2.75) is 19.9 Å². The number of hydrogen-bond acceptors (Lipinski definition) is 6. The molecular formula is C17H16ClN5O3. The molecule has 9 heteroatoms. The topological polar surface area (TPSA) is 98.5 Å². The van der Waals surface area contributed by atoms with Crippen LogP contribution in [0.25, 0.3) is 5.78 Å². The van der Waals surface area contributed by atoms with Crippen LogP contribution < -0.4 is 5.32 Å². The van der Waals surface area contributed by atoms with Crippen molar-refractivity contribution in [1.82, 2.24) is 24.9 Å². The molecule has 8 nitrogen and oxygen atoms in total. The molecule has 0 saturated carbocycles. The minimum atomic E-state index is -0.796. The van der Waals surface area contributed by atoms with Crippen molar-refractivity contribution >= 4 is 29.3 Å². The number of nitrogens with zero attached hydrogens (tertiary/aromatic N) is 4. The molecule has 0 unspecified atom stereocenters. The highest BCUT2D eigenvalue weighted by Crippen LogP contribution is 2.21. The molecule has 0 fully saturated rings. The normalized spacial score (nSPS) is 12.0. The molecule has 134 valence electrons. The van der Waals surface area contributed by atoms with Gasteiger partial charge in [0.1, 0.15) is 0 Å². The van der Waals surface area contributed by atoms with Crippen LogP contribution in [0.3, 0.4) is 0 Å². The van der Waals surface area contributed by atoms with E-state index in [2.05, 4.69) is 20.4 Å². The van der Waals surface area contributed by atoms with E-state index in [1.165, 1.54) is 4.52 Å². The second-order valence-corrected chi connectivity index (χ2v) is 6.03. The van der Waals surface area contributed by atoms with Gasteiger partial charge in [0, 0.05) is 16.9 Å². The molecule has 1 aromatic carbocycles. The Morgan fingerprint density at radius 1 is 1.31 bits per heavy atom. The Labute approximate surface area is 154 Å².